The summed E-state index contributed by atoms with van der Waals surface area (Å²) in [6.07, 6.45) is 11.9. The molecule has 0 bridgehead atoms. The zero-order chi connectivity index (χ0) is 19.8. The van der Waals surface area contributed by atoms with Crippen LogP contribution >= 0.6 is 0 Å². The molecule has 0 spiro atoms. The van der Waals surface area contributed by atoms with Crippen LogP contribution in [0, 0.1) is 0 Å². The van der Waals surface area contributed by atoms with E-state index in [0.29, 0.717) is 6.54 Å². The normalized spacial score (nSPS) is 13.2. The highest BCUT2D eigenvalue weighted by molar-refractivity contribution is 8.05. The van der Waals surface area contributed by atoms with Crippen LogP contribution in [0.3, 0.4) is 0 Å². The summed E-state index contributed by atoms with van der Waals surface area (Å²) in [5.41, 5.74) is 0. The van der Waals surface area contributed by atoms with E-state index < -0.39 is 32.3 Å². The van der Waals surface area contributed by atoms with E-state index in [1.54, 1.807) is 4.90 Å². The molecule has 0 amide bonds. The maximum absolute atomic E-state index is 11.3. The Kier molecular flexibility index (Phi) is 15.5. The van der Waals surface area contributed by atoms with Gasteiger partial charge in [0.1, 0.15) is 5.75 Å². The third-order valence-corrected chi connectivity index (χ3v) is 5.92. The van der Waals surface area contributed by atoms with Crippen LogP contribution < -0.4 is 0 Å². The number of nitrogens with zero attached hydrogens (tertiary/aromatic N) is 1. The van der Waals surface area contributed by atoms with Crippen LogP contribution in [0.2, 0.25) is 0 Å². The highest BCUT2D eigenvalue weighted by Gasteiger charge is 2.19. The molecule has 0 saturated heterocycles. The van der Waals surface area contributed by atoms with Gasteiger partial charge in [-0.2, -0.15) is 13.2 Å². The fraction of sp³-hybridized carbons (Fsp3) is 0.941. The van der Waals surface area contributed by atoms with Gasteiger partial charge in [0.15, 0.2) is 0 Å². The molecule has 1 atom stereocenters. The summed E-state index contributed by atoms with van der Waals surface area (Å²) in [5.74, 6) is -0.441. The summed E-state index contributed by atoms with van der Waals surface area (Å²) in [4.78, 5) is 12.4. The number of hydrogen-bond acceptors (Lipinski definition) is 5. The van der Waals surface area contributed by atoms with Gasteiger partial charge in [0.05, 0.1) is 16.9 Å². The first kappa shape index (κ1) is 25.6. The fourth-order valence-electron chi connectivity index (χ4n) is 2.70. The van der Waals surface area contributed by atoms with Crippen molar-refractivity contribution in [1.82, 2.24) is 4.90 Å². The van der Waals surface area contributed by atoms with Gasteiger partial charge in [0, 0.05) is 13.1 Å². The van der Waals surface area contributed by atoms with E-state index in [4.69, 9.17) is 9.66 Å². The molecule has 0 aliphatic heterocycles. The van der Waals surface area contributed by atoms with Gasteiger partial charge in [-0.15, -0.1) is 0 Å². The van der Waals surface area contributed by atoms with Crippen LogP contribution in [0.25, 0.3) is 0 Å². The van der Waals surface area contributed by atoms with E-state index in [1.165, 1.54) is 44.9 Å². The molecule has 0 aliphatic rings. The summed E-state index contributed by atoms with van der Waals surface area (Å²) in [6.45, 7) is 3.18. The molecule has 0 heterocycles. The Bertz CT molecular complexity index is 458. The maximum atomic E-state index is 11.3. The smallest absolute Gasteiger partial charge is 0.520 e. The van der Waals surface area contributed by atoms with Crippen LogP contribution in [0.4, 0.5) is 4.79 Å². The van der Waals surface area contributed by atoms with Gasteiger partial charge < -0.3 is 9.66 Å². The first-order valence-electron chi connectivity index (χ1n) is 9.55. The van der Waals surface area contributed by atoms with Gasteiger partial charge >= 0.3 is 5.30 Å². The van der Waals surface area contributed by atoms with E-state index in [9.17, 15) is 17.8 Å². The topological polar surface area (TPSA) is 118 Å². The number of carbonyl (C=O) groups is 1. The largest absolute Gasteiger partial charge is 0.606 e. The third kappa shape index (κ3) is 17.1. The summed E-state index contributed by atoms with van der Waals surface area (Å²) in [6, 6.07) is 0. The molecule has 0 aromatic heterocycles. The van der Waals surface area contributed by atoms with E-state index >= 15 is 0 Å². The van der Waals surface area contributed by atoms with Gasteiger partial charge in [-0.05, 0) is 13.0 Å². The molecule has 0 aromatic carbocycles. The van der Waals surface area contributed by atoms with Crippen molar-refractivity contribution in [2.75, 3.05) is 31.1 Å². The molecule has 0 radical (unpaired) electrons. The summed E-state index contributed by atoms with van der Waals surface area (Å²) in [5, 5.41) is 7.30. The van der Waals surface area contributed by atoms with Crippen LogP contribution in [0.15, 0.2) is 0 Å². The standard InChI is InChI=1S/C17H35NO6S2/c1-2-3-4-5-6-7-8-9-10-11-12-18(14-16-26(22,23)24)13-15-25(21)17(19)20/h2-16H2,1H3,(H,19,20)(H,22,23,24). The monoisotopic (exact) mass is 413 g/mol. The minimum Gasteiger partial charge on any atom is -0.606 e. The molecule has 0 aromatic rings. The molecule has 0 aliphatic carbocycles. The molecule has 0 saturated carbocycles. The lowest BCUT2D eigenvalue weighted by atomic mass is 10.1. The van der Waals surface area contributed by atoms with E-state index in [0.717, 1.165) is 19.3 Å². The predicted octanol–water partition coefficient (Wildman–Crippen LogP) is 3.52. The fourth-order valence-corrected chi connectivity index (χ4v) is 3.79. The molecule has 26 heavy (non-hydrogen) atoms. The van der Waals surface area contributed by atoms with Crippen LogP contribution in [-0.4, -0.2) is 64.0 Å². The number of unbranched alkanes of at least 4 members (excludes halogenated alkanes) is 9. The van der Waals surface area contributed by atoms with Crippen LogP contribution in [-0.2, 0) is 21.3 Å². The molecule has 0 fully saturated rings. The number of carboxylic acid groups (broad SMARTS) is 1. The van der Waals surface area contributed by atoms with Crippen molar-refractivity contribution in [3.8, 4) is 0 Å². The molecule has 1 unspecified atom stereocenters. The molecular formula is C17H35NO6S2. The Balaban J connectivity index is 3.93. The second kappa shape index (κ2) is 15.7. The molecule has 7 nitrogen and oxygen atoms in total. The van der Waals surface area contributed by atoms with E-state index in [2.05, 4.69) is 6.92 Å². The lowest BCUT2D eigenvalue weighted by molar-refractivity contribution is 0.219. The Morgan fingerprint density at radius 1 is 0.923 bits per heavy atom. The van der Waals surface area contributed by atoms with Crippen LogP contribution in [0.5, 0.6) is 0 Å². The first-order valence-corrected chi connectivity index (χ1v) is 12.5. The van der Waals surface area contributed by atoms with Crippen molar-refractivity contribution in [1.29, 1.82) is 0 Å². The van der Waals surface area contributed by atoms with Crippen LogP contribution in [0.1, 0.15) is 71.1 Å². The summed E-state index contributed by atoms with van der Waals surface area (Å²) in [7, 11) is -4.06. The molecule has 9 heteroatoms. The quantitative estimate of drug-likeness (QED) is 0.213. The lowest BCUT2D eigenvalue weighted by Crippen LogP contribution is -2.35. The lowest BCUT2D eigenvalue weighted by Gasteiger charge is -2.21. The minimum atomic E-state index is -4.06. The molecule has 0 rings (SSSR count). The average molecular weight is 414 g/mol. The average Bonchev–Trinajstić information content (AvgIpc) is 2.56. The highest BCUT2D eigenvalue weighted by atomic mass is 32.2. The van der Waals surface area contributed by atoms with Crippen molar-refractivity contribution in [2.45, 2.75) is 71.1 Å². The van der Waals surface area contributed by atoms with Crippen molar-refractivity contribution in [3.63, 3.8) is 0 Å². The van der Waals surface area contributed by atoms with Gasteiger partial charge in [-0.3, -0.25) is 9.45 Å². The van der Waals surface area contributed by atoms with E-state index in [-0.39, 0.29) is 18.8 Å². The Morgan fingerprint density at radius 3 is 1.88 bits per heavy atom. The van der Waals surface area contributed by atoms with Gasteiger partial charge in [0.25, 0.3) is 10.1 Å². The van der Waals surface area contributed by atoms with Crippen molar-refractivity contribution < 1.29 is 27.4 Å². The zero-order valence-corrected chi connectivity index (χ0v) is 17.5. The SMILES string of the molecule is CCCCCCCCCCCCN(CC[S+]([O-])C(=O)O)CCS(=O)(=O)O. The maximum Gasteiger partial charge on any atom is 0.520 e. The Morgan fingerprint density at radius 2 is 1.42 bits per heavy atom. The van der Waals surface area contributed by atoms with Crippen molar-refractivity contribution in [3.05, 3.63) is 0 Å². The number of rotatable bonds is 17. The second-order valence-electron chi connectivity index (χ2n) is 6.63. The van der Waals surface area contributed by atoms with Crippen molar-refractivity contribution in [2.24, 2.45) is 0 Å². The van der Waals surface area contributed by atoms with Gasteiger partial charge in [-0.25, -0.2) is 0 Å². The zero-order valence-electron chi connectivity index (χ0n) is 15.9. The third-order valence-electron chi connectivity index (χ3n) is 4.28. The summed E-state index contributed by atoms with van der Waals surface area (Å²) >= 11 is -1.97. The molecular weight excluding hydrogens is 378 g/mol. The molecule has 2 N–H and O–H groups in total. The van der Waals surface area contributed by atoms with E-state index in [1.807, 2.05) is 0 Å². The van der Waals surface area contributed by atoms with Gasteiger partial charge in [0.2, 0.25) is 0 Å². The first-order chi connectivity index (χ1) is 12.3. The minimum absolute atomic E-state index is 0.0431. The second-order valence-corrected chi connectivity index (χ2v) is 9.65. The van der Waals surface area contributed by atoms with Gasteiger partial charge in [-0.1, -0.05) is 64.7 Å². The predicted molar refractivity (Wildman–Crippen MR) is 106 cm³/mol. The van der Waals surface area contributed by atoms with Crippen molar-refractivity contribution >= 4 is 26.6 Å². The Labute approximate surface area is 161 Å². The number of hydrogen-bond donors (Lipinski definition) is 2. The Hall–Kier alpha value is -0.350. The highest BCUT2D eigenvalue weighted by Crippen LogP contribution is 2.11. The summed E-state index contributed by atoms with van der Waals surface area (Å²) < 4.78 is 42.0. The molecule has 156 valence electrons.